The topological polar surface area (TPSA) is 58.2 Å². The fourth-order valence-corrected chi connectivity index (χ4v) is 1.60. The van der Waals surface area contributed by atoms with Gasteiger partial charge in [0.2, 0.25) is 5.91 Å². The minimum Gasteiger partial charge on any atom is -0.326 e. The Kier molecular flexibility index (Phi) is 6.22. The van der Waals surface area contributed by atoms with Crippen molar-refractivity contribution < 1.29 is 9.59 Å². The lowest BCUT2D eigenvalue weighted by atomic mass is 10.1. The fourth-order valence-electron chi connectivity index (χ4n) is 1.60. The number of ketones is 1. The lowest BCUT2D eigenvalue weighted by Gasteiger charge is -2.08. The predicted octanol–water partition coefficient (Wildman–Crippen LogP) is 2.46. The molecule has 0 spiro atoms. The second kappa shape index (κ2) is 7.69. The number of anilines is 1. The molecule has 4 heteroatoms. The van der Waals surface area contributed by atoms with E-state index in [2.05, 4.69) is 24.5 Å². The standard InChI is InChI=1S/C15H22N2O2/c1-11(2)10-16-9-8-15(19)17-14-6-4-13(5-7-14)12(3)18/h4-7,11,16H,8-10H2,1-3H3,(H,17,19). The van der Waals surface area contributed by atoms with Crippen molar-refractivity contribution in [1.82, 2.24) is 5.32 Å². The van der Waals surface area contributed by atoms with Crippen molar-refractivity contribution >= 4 is 17.4 Å². The molecule has 0 saturated heterocycles. The van der Waals surface area contributed by atoms with Crippen LogP contribution in [-0.4, -0.2) is 24.8 Å². The van der Waals surface area contributed by atoms with Gasteiger partial charge in [-0.15, -0.1) is 0 Å². The molecule has 19 heavy (non-hydrogen) atoms. The van der Waals surface area contributed by atoms with E-state index in [1.54, 1.807) is 24.3 Å². The Bertz CT molecular complexity index is 424. The quantitative estimate of drug-likeness (QED) is 0.586. The molecule has 0 aliphatic carbocycles. The third-order valence-electron chi connectivity index (χ3n) is 2.66. The fraction of sp³-hybridized carbons (Fsp3) is 0.467. The molecular formula is C15H22N2O2. The summed E-state index contributed by atoms with van der Waals surface area (Å²) in [6.07, 6.45) is 0.446. The van der Waals surface area contributed by atoms with Crippen molar-refractivity contribution in [1.29, 1.82) is 0 Å². The molecule has 0 saturated carbocycles. The van der Waals surface area contributed by atoms with Crippen molar-refractivity contribution in [3.8, 4) is 0 Å². The van der Waals surface area contributed by atoms with Crippen molar-refractivity contribution in [2.45, 2.75) is 27.2 Å². The first-order valence-electron chi connectivity index (χ1n) is 6.60. The van der Waals surface area contributed by atoms with E-state index in [1.807, 2.05) is 0 Å². The zero-order valence-electron chi connectivity index (χ0n) is 11.8. The maximum atomic E-state index is 11.7. The van der Waals surface area contributed by atoms with Crippen LogP contribution in [0, 0.1) is 5.92 Å². The summed E-state index contributed by atoms with van der Waals surface area (Å²) in [5.74, 6) is 0.588. The van der Waals surface area contributed by atoms with E-state index >= 15 is 0 Å². The smallest absolute Gasteiger partial charge is 0.225 e. The van der Waals surface area contributed by atoms with Crippen LogP contribution in [0.2, 0.25) is 0 Å². The molecule has 1 aromatic rings. The third kappa shape index (κ3) is 6.15. The van der Waals surface area contributed by atoms with Crippen LogP contribution >= 0.6 is 0 Å². The Balaban J connectivity index is 2.34. The third-order valence-corrected chi connectivity index (χ3v) is 2.66. The number of benzene rings is 1. The van der Waals surface area contributed by atoms with Crippen LogP contribution < -0.4 is 10.6 Å². The molecule has 0 radical (unpaired) electrons. The number of Topliss-reactive ketones (excluding diaryl/α,β-unsaturated/α-hetero) is 1. The highest BCUT2D eigenvalue weighted by atomic mass is 16.1. The SMILES string of the molecule is CC(=O)c1ccc(NC(=O)CCNCC(C)C)cc1. The summed E-state index contributed by atoms with van der Waals surface area (Å²) < 4.78 is 0. The van der Waals surface area contributed by atoms with Crippen LogP contribution in [0.5, 0.6) is 0 Å². The van der Waals surface area contributed by atoms with Gasteiger partial charge in [-0.05, 0) is 43.7 Å². The average molecular weight is 262 g/mol. The summed E-state index contributed by atoms with van der Waals surface area (Å²) >= 11 is 0. The first kappa shape index (κ1) is 15.4. The number of carbonyl (C=O) groups is 2. The Labute approximate surface area is 114 Å². The molecule has 1 rings (SSSR count). The van der Waals surface area contributed by atoms with Crippen LogP contribution in [0.4, 0.5) is 5.69 Å². The maximum Gasteiger partial charge on any atom is 0.225 e. The maximum absolute atomic E-state index is 11.7. The molecule has 2 N–H and O–H groups in total. The van der Waals surface area contributed by atoms with Crippen LogP contribution in [-0.2, 0) is 4.79 Å². The molecule has 1 aromatic carbocycles. The lowest BCUT2D eigenvalue weighted by Crippen LogP contribution is -2.24. The molecule has 104 valence electrons. The average Bonchev–Trinajstić information content (AvgIpc) is 2.35. The van der Waals surface area contributed by atoms with Gasteiger partial charge in [0.05, 0.1) is 0 Å². The van der Waals surface area contributed by atoms with E-state index in [0.717, 1.165) is 12.2 Å². The minimum absolute atomic E-state index is 0.0215. The van der Waals surface area contributed by atoms with Gasteiger partial charge >= 0.3 is 0 Å². The number of rotatable bonds is 7. The summed E-state index contributed by atoms with van der Waals surface area (Å²) in [7, 11) is 0. The van der Waals surface area contributed by atoms with Gasteiger partial charge in [-0.1, -0.05) is 13.8 Å². The van der Waals surface area contributed by atoms with Crippen molar-refractivity contribution in [2.24, 2.45) is 5.92 Å². The first-order valence-corrected chi connectivity index (χ1v) is 6.60. The molecule has 4 nitrogen and oxygen atoms in total. The lowest BCUT2D eigenvalue weighted by molar-refractivity contribution is -0.116. The summed E-state index contributed by atoms with van der Waals surface area (Å²) in [6.45, 7) is 7.37. The van der Waals surface area contributed by atoms with Gasteiger partial charge in [0.15, 0.2) is 5.78 Å². The summed E-state index contributed by atoms with van der Waals surface area (Å²) in [5, 5.41) is 6.03. The molecule has 0 bridgehead atoms. The highest BCUT2D eigenvalue weighted by Gasteiger charge is 2.03. The minimum atomic E-state index is -0.0215. The highest BCUT2D eigenvalue weighted by molar-refractivity contribution is 5.95. The van der Waals surface area contributed by atoms with Crippen LogP contribution in [0.15, 0.2) is 24.3 Å². The van der Waals surface area contributed by atoms with Crippen molar-refractivity contribution in [2.75, 3.05) is 18.4 Å². The molecule has 0 atom stereocenters. The molecular weight excluding hydrogens is 240 g/mol. The number of nitrogens with one attached hydrogen (secondary N) is 2. The zero-order valence-corrected chi connectivity index (χ0v) is 11.8. The number of amides is 1. The summed E-state index contributed by atoms with van der Waals surface area (Å²) in [6, 6.07) is 6.93. The van der Waals surface area contributed by atoms with Crippen LogP contribution in [0.25, 0.3) is 0 Å². The van der Waals surface area contributed by atoms with Gasteiger partial charge < -0.3 is 10.6 Å². The van der Waals surface area contributed by atoms with E-state index in [-0.39, 0.29) is 11.7 Å². The Morgan fingerprint density at radius 1 is 1.16 bits per heavy atom. The van der Waals surface area contributed by atoms with Gasteiger partial charge in [-0.2, -0.15) is 0 Å². The van der Waals surface area contributed by atoms with Gasteiger partial charge in [-0.3, -0.25) is 9.59 Å². The van der Waals surface area contributed by atoms with Crippen molar-refractivity contribution in [3.63, 3.8) is 0 Å². The second-order valence-electron chi connectivity index (χ2n) is 5.03. The molecule has 0 fully saturated rings. The second-order valence-corrected chi connectivity index (χ2v) is 5.03. The van der Waals surface area contributed by atoms with Gasteiger partial charge in [0, 0.05) is 24.2 Å². The zero-order chi connectivity index (χ0) is 14.3. The highest BCUT2D eigenvalue weighted by Crippen LogP contribution is 2.10. The molecule has 0 aliphatic rings. The largest absolute Gasteiger partial charge is 0.326 e. The number of hydrogen-bond acceptors (Lipinski definition) is 3. The Morgan fingerprint density at radius 2 is 1.79 bits per heavy atom. The van der Waals surface area contributed by atoms with Crippen molar-refractivity contribution in [3.05, 3.63) is 29.8 Å². The van der Waals surface area contributed by atoms with Crippen LogP contribution in [0.1, 0.15) is 37.6 Å². The Hall–Kier alpha value is -1.68. The molecule has 0 heterocycles. The van der Waals surface area contributed by atoms with Crippen LogP contribution in [0.3, 0.4) is 0 Å². The van der Waals surface area contributed by atoms with E-state index in [0.29, 0.717) is 24.4 Å². The van der Waals surface area contributed by atoms with E-state index in [1.165, 1.54) is 6.92 Å². The van der Waals surface area contributed by atoms with E-state index in [4.69, 9.17) is 0 Å². The van der Waals surface area contributed by atoms with E-state index in [9.17, 15) is 9.59 Å². The Morgan fingerprint density at radius 3 is 2.32 bits per heavy atom. The summed E-state index contributed by atoms with van der Waals surface area (Å²) in [4.78, 5) is 22.8. The van der Waals surface area contributed by atoms with E-state index < -0.39 is 0 Å². The molecule has 0 aliphatic heterocycles. The van der Waals surface area contributed by atoms with Gasteiger partial charge in [0.25, 0.3) is 0 Å². The number of carbonyl (C=O) groups excluding carboxylic acids is 2. The molecule has 0 aromatic heterocycles. The van der Waals surface area contributed by atoms with Gasteiger partial charge in [0.1, 0.15) is 0 Å². The predicted molar refractivity (Wildman–Crippen MR) is 77.4 cm³/mol. The summed E-state index contributed by atoms with van der Waals surface area (Å²) in [5.41, 5.74) is 1.37. The first-order chi connectivity index (χ1) is 8.99. The monoisotopic (exact) mass is 262 g/mol. The number of hydrogen-bond donors (Lipinski definition) is 2. The molecule has 0 unspecified atom stereocenters. The van der Waals surface area contributed by atoms with Gasteiger partial charge in [-0.25, -0.2) is 0 Å². The normalized spacial score (nSPS) is 10.5. The molecule has 1 amide bonds.